The summed E-state index contributed by atoms with van der Waals surface area (Å²) in [6.45, 7) is 2.74. The van der Waals surface area contributed by atoms with Crippen LogP contribution in [0.3, 0.4) is 0 Å². The Hall–Kier alpha value is -2.21. The highest BCUT2D eigenvalue weighted by Crippen LogP contribution is 2.19. The van der Waals surface area contributed by atoms with Crippen molar-refractivity contribution >= 4 is 17.0 Å². The monoisotopic (exact) mass is 271 g/mol. The van der Waals surface area contributed by atoms with Crippen LogP contribution in [0.15, 0.2) is 36.0 Å². The summed E-state index contributed by atoms with van der Waals surface area (Å²) in [7, 11) is 0. The van der Waals surface area contributed by atoms with Crippen LogP contribution in [0.1, 0.15) is 10.7 Å². The number of nitrogens with zero attached hydrogens (tertiary/aromatic N) is 3. The van der Waals surface area contributed by atoms with Gasteiger partial charge in [-0.05, 0) is 19.1 Å². The molecule has 3 rings (SSSR count). The molecule has 3 aromatic rings. The summed E-state index contributed by atoms with van der Waals surface area (Å²) in [4.78, 5) is 8.57. The summed E-state index contributed by atoms with van der Waals surface area (Å²) >= 11 is 1.67. The van der Waals surface area contributed by atoms with Gasteiger partial charge in [-0.3, -0.25) is 5.10 Å². The van der Waals surface area contributed by atoms with Gasteiger partial charge in [-0.25, -0.2) is 9.97 Å². The topological polar surface area (TPSA) is 66.5 Å². The van der Waals surface area contributed by atoms with Crippen LogP contribution in [0.2, 0.25) is 0 Å². The van der Waals surface area contributed by atoms with Crippen LogP contribution in [0.4, 0.5) is 5.69 Å². The number of thiazole rings is 1. The highest BCUT2D eigenvalue weighted by Gasteiger charge is 2.02. The molecule has 2 N–H and O–H groups in total. The van der Waals surface area contributed by atoms with Crippen molar-refractivity contribution in [3.05, 3.63) is 46.7 Å². The fraction of sp³-hybridized carbons (Fsp3) is 0.154. The lowest BCUT2D eigenvalue weighted by atomic mass is 10.2. The minimum absolute atomic E-state index is 0.734. The summed E-state index contributed by atoms with van der Waals surface area (Å²) in [5, 5.41) is 13.2. The van der Waals surface area contributed by atoms with E-state index in [1.807, 2.05) is 31.2 Å². The quantitative estimate of drug-likeness (QED) is 0.765. The highest BCUT2D eigenvalue weighted by molar-refractivity contribution is 7.09. The third kappa shape index (κ3) is 2.79. The Labute approximate surface area is 114 Å². The van der Waals surface area contributed by atoms with Gasteiger partial charge in [0.15, 0.2) is 5.82 Å². The van der Waals surface area contributed by atoms with Crippen LogP contribution in [0, 0.1) is 6.92 Å². The first-order valence-corrected chi connectivity index (χ1v) is 6.80. The predicted molar refractivity (Wildman–Crippen MR) is 76.0 cm³/mol. The lowest BCUT2D eigenvalue weighted by Gasteiger charge is -2.05. The standard InChI is InChI=1S/C13H13N5S/c1-9-7-19-12(17-9)6-14-11-4-2-3-10(5-11)13-15-8-16-18-13/h2-5,7-8,14H,6H2,1H3,(H,15,16,18). The van der Waals surface area contributed by atoms with E-state index in [4.69, 9.17) is 0 Å². The van der Waals surface area contributed by atoms with Gasteiger partial charge in [-0.2, -0.15) is 5.10 Å². The fourth-order valence-electron chi connectivity index (χ4n) is 1.78. The first-order chi connectivity index (χ1) is 9.31. The number of benzene rings is 1. The van der Waals surface area contributed by atoms with E-state index in [9.17, 15) is 0 Å². The number of nitrogens with one attached hydrogen (secondary N) is 2. The molecule has 0 unspecified atom stereocenters. The number of hydrogen-bond donors (Lipinski definition) is 2. The molecule has 0 saturated carbocycles. The second-order valence-electron chi connectivity index (χ2n) is 4.15. The third-order valence-corrected chi connectivity index (χ3v) is 3.63. The van der Waals surface area contributed by atoms with Crippen LogP contribution in [0.25, 0.3) is 11.4 Å². The molecule has 0 aliphatic heterocycles. The van der Waals surface area contributed by atoms with E-state index in [-0.39, 0.29) is 0 Å². The number of aryl methyl sites for hydroxylation is 1. The molecule has 1 aromatic carbocycles. The molecular weight excluding hydrogens is 258 g/mol. The van der Waals surface area contributed by atoms with Crippen molar-refractivity contribution in [3.8, 4) is 11.4 Å². The largest absolute Gasteiger partial charge is 0.379 e. The molecule has 0 aliphatic rings. The van der Waals surface area contributed by atoms with Crippen LogP contribution in [-0.4, -0.2) is 20.2 Å². The van der Waals surface area contributed by atoms with Gasteiger partial charge >= 0.3 is 0 Å². The van der Waals surface area contributed by atoms with Gasteiger partial charge in [0.05, 0.1) is 6.54 Å². The number of rotatable bonds is 4. The van der Waals surface area contributed by atoms with Gasteiger partial charge in [0.1, 0.15) is 11.3 Å². The Bertz CT molecular complexity index is 659. The van der Waals surface area contributed by atoms with E-state index in [1.165, 1.54) is 6.33 Å². The Morgan fingerprint density at radius 2 is 2.32 bits per heavy atom. The number of aromatic nitrogens is 4. The van der Waals surface area contributed by atoms with E-state index in [2.05, 4.69) is 30.9 Å². The average molecular weight is 271 g/mol. The molecule has 0 fully saturated rings. The Morgan fingerprint density at radius 3 is 3.05 bits per heavy atom. The van der Waals surface area contributed by atoms with Crippen molar-refractivity contribution in [1.82, 2.24) is 20.2 Å². The molecule has 2 heterocycles. The maximum Gasteiger partial charge on any atom is 0.155 e. The SMILES string of the molecule is Cc1csc(CNc2cccc(-c3ncn[nH]3)c2)n1. The van der Waals surface area contributed by atoms with Crippen molar-refractivity contribution in [2.24, 2.45) is 0 Å². The maximum atomic E-state index is 4.43. The third-order valence-electron chi connectivity index (χ3n) is 2.66. The molecule has 6 heteroatoms. The van der Waals surface area contributed by atoms with Gasteiger partial charge in [0.25, 0.3) is 0 Å². The molecule has 0 spiro atoms. The molecule has 0 radical (unpaired) electrons. The Morgan fingerprint density at radius 1 is 1.37 bits per heavy atom. The predicted octanol–water partition coefficient (Wildman–Crippen LogP) is 2.85. The first kappa shape index (κ1) is 11.9. The molecular formula is C13H13N5S. The highest BCUT2D eigenvalue weighted by atomic mass is 32.1. The summed E-state index contributed by atoms with van der Waals surface area (Å²) in [6, 6.07) is 8.06. The van der Waals surface area contributed by atoms with Crippen LogP contribution >= 0.6 is 11.3 Å². The minimum Gasteiger partial charge on any atom is -0.379 e. The normalized spacial score (nSPS) is 10.6. The van der Waals surface area contributed by atoms with Crippen LogP contribution in [-0.2, 0) is 6.54 Å². The van der Waals surface area contributed by atoms with Crippen molar-refractivity contribution < 1.29 is 0 Å². The zero-order valence-corrected chi connectivity index (χ0v) is 11.2. The maximum absolute atomic E-state index is 4.43. The zero-order valence-electron chi connectivity index (χ0n) is 10.4. The van der Waals surface area contributed by atoms with Gasteiger partial charge in [0.2, 0.25) is 0 Å². The lowest BCUT2D eigenvalue weighted by Crippen LogP contribution is -1.99. The van der Waals surface area contributed by atoms with E-state index in [0.29, 0.717) is 0 Å². The van der Waals surface area contributed by atoms with Crippen LogP contribution in [0.5, 0.6) is 0 Å². The molecule has 2 aromatic heterocycles. The number of anilines is 1. The van der Waals surface area contributed by atoms with Gasteiger partial charge in [0, 0.05) is 22.3 Å². The Kier molecular flexibility index (Phi) is 3.24. The smallest absolute Gasteiger partial charge is 0.155 e. The van der Waals surface area contributed by atoms with Crippen molar-refractivity contribution in [2.45, 2.75) is 13.5 Å². The fourth-order valence-corrected chi connectivity index (χ4v) is 2.49. The number of H-pyrrole nitrogens is 1. The van der Waals surface area contributed by atoms with Crippen molar-refractivity contribution in [2.75, 3.05) is 5.32 Å². The van der Waals surface area contributed by atoms with Gasteiger partial charge < -0.3 is 5.32 Å². The number of hydrogen-bond acceptors (Lipinski definition) is 5. The lowest BCUT2D eigenvalue weighted by molar-refractivity contribution is 1.07. The molecule has 0 amide bonds. The summed E-state index contributed by atoms with van der Waals surface area (Å²) in [5.41, 5.74) is 3.12. The zero-order chi connectivity index (χ0) is 13.1. The Balaban J connectivity index is 1.73. The molecule has 5 nitrogen and oxygen atoms in total. The first-order valence-electron chi connectivity index (χ1n) is 5.92. The van der Waals surface area contributed by atoms with E-state index in [1.54, 1.807) is 11.3 Å². The number of aromatic amines is 1. The van der Waals surface area contributed by atoms with Gasteiger partial charge in [-0.1, -0.05) is 12.1 Å². The molecule has 0 bridgehead atoms. The second-order valence-corrected chi connectivity index (χ2v) is 5.09. The van der Waals surface area contributed by atoms with E-state index < -0.39 is 0 Å². The second kappa shape index (κ2) is 5.19. The molecule has 0 aliphatic carbocycles. The summed E-state index contributed by atoms with van der Waals surface area (Å²) in [6.07, 6.45) is 1.51. The average Bonchev–Trinajstić information content (AvgIpc) is 3.08. The van der Waals surface area contributed by atoms with Crippen molar-refractivity contribution in [3.63, 3.8) is 0 Å². The molecule has 96 valence electrons. The van der Waals surface area contributed by atoms with E-state index >= 15 is 0 Å². The molecule has 0 saturated heterocycles. The van der Waals surface area contributed by atoms with Crippen LogP contribution < -0.4 is 5.32 Å². The van der Waals surface area contributed by atoms with E-state index in [0.717, 1.165) is 34.3 Å². The minimum atomic E-state index is 0.734. The van der Waals surface area contributed by atoms with Crippen molar-refractivity contribution in [1.29, 1.82) is 0 Å². The van der Waals surface area contributed by atoms with Gasteiger partial charge in [-0.15, -0.1) is 11.3 Å². The molecule has 0 atom stereocenters. The molecule has 19 heavy (non-hydrogen) atoms. The summed E-state index contributed by atoms with van der Waals surface area (Å²) < 4.78 is 0. The summed E-state index contributed by atoms with van der Waals surface area (Å²) in [5.74, 6) is 0.772.